The highest BCUT2D eigenvalue weighted by Crippen LogP contribution is 2.29. The van der Waals surface area contributed by atoms with Crippen LogP contribution in [0.5, 0.6) is 5.75 Å². The number of carbonyl (C=O) groups is 2. The van der Waals surface area contributed by atoms with E-state index in [1.54, 1.807) is 32.2 Å². The quantitative estimate of drug-likeness (QED) is 0.822. The Hall–Kier alpha value is -2.50. The summed E-state index contributed by atoms with van der Waals surface area (Å²) in [5.41, 5.74) is 1.22. The van der Waals surface area contributed by atoms with E-state index < -0.39 is 5.97 Å². The molecule has 2 aromatic rings. The summed E-state index contributed by atoms with van der Waals surface area (Å²) in [4.78, 5) is 24.0. The van der Waals surface area contributed by atoms with E-state index in [1.165, 1.54) is 0 Å². The smallest absolute Gasteiger partial charge is 0.375 e. The first-order valence-electron chi connectivity index (χ1n) is 7.87. The number of ether oxygens (including phenoxy) is 2. The molecule has 0 saturated carbocycles. The van der Waals surface area contributed by atoms with Crippen LogP contribution in [0.25, 0.3) is 11.0 Å². The molecule has 0 spiro atoms. The molecule has 0 radical (unpaired) electrons. The Morgan fingerprint density at radius 3 is 2.58 bits per heavy atom. The van der Waals surface area contributed by atoms with Crippen LogP contribution in [0.3, 0.4) is 0 Å². The van der Waals surface area contributed by atoms with E-state index in [0.717, 1.165) is 5.39 Å². The van der Waals surface area contributed by atoms with Crippen molar-refractivity contribution in [2.24, 2.45) is 5.92 Å². The third kappa shape index (κ3) is 3.88. The molecule has 1 aromatic heterocycles. The van der Waals surface area contributed by atoms with Crippen molar-refractivity contribution in [1.29, 1.82) is 0 Å². The monoisotopic (exact) mass is 333 g/mol. The molecule has 130 valence electrons. The van der Waals surface area contributed by atoms with E-state index in [0.29, 0.717) is 22.8 Å². The molecule has 1 N–H and O–H groups in total. The second-order valence-corrected chi connectivity index (χ2v) is 6.09. The summed E-state index contributed by atoms with van der Waals surface area (Å²) in [6.45, 7) is 7.34. The van der Waals surface area contributed by atoms with E-state index in [2.05, 4.69) is 5.32 Å². The Balaban J connectivity index is 2.06. The van der Waals surface area contributed by atoms with Gasteiger partial charge in [0.2, 0.25) is 5.76 Å². The van der Waals surface area contributed by atoms with Crippen molar-refractivity contribution >= 4 is 22.8 Å². The molecular weight excluding hydrogens is 310 g/mol. The van der Waals surface area contributed by atoms with E-state index in [4.69, 9.17) is 13.9 Å². The molecule has 24 heavy (non-hydrogen) atoms. The molecule has 1 amide bonds. The topological polar surface area (TPSA) is 77.8 Å². The highest BCUT2D eigenvalue weighted by molar-refractivity contribution is 5.97. The Kier molecular flexibility index (Phi) is 5.49. The van der Waals surface area contributed by atoms with Gasteiger partial charge in [-0.2, -0.15) is 0 Å². The number of fused-ring (bicyclic) bond motifs is 1. The van der Waals surface area contributed by atoms with Crippen molar-refractivity contribution in [1.82, 2.24) is 5.32 Å². The van der Waals surface area contributed by atoms with E-state index in [1.807, 2.05) is 20.8 Å². The van der Waals surface area contributed by atoms with Gasteiger partial charge >= 0.3 is 5.97 Å². The van der Waals surface area contributed by atoms with E-state index >= 15 is 0 Å². The maximum atomic E-state index is 12.2. The van der Waals surface area contributed by atoms with Gasteiger partial charge in [0.1, 0.15) is 11.3 Å². The molecule has 2 rings (SSSR count). The Labute approximate surface area is 141 Å². The minimum absolute atomic E-state index is 0.0107. The molecule has 0 saturated heterocycles. The van der Waals surface area contributed by atoms with Crippen LogP contribution in [0.15, 0.2) is 22.6 Å². The zero-order valence-corrected chi connectivity index (χ0v) is 14.6. The number of aryl methyl sites for hydroxylation is 1. The maximum Gasteiger partial charge on any atom is 0.375 e. The SMILES string of the molecule is COc1ccc2oc(C(=O)OCC(=O)NC(C)C(C)C)c(C)c2c1. The largest absolute Gasteiger partial charge is 0.497 e. The average molecular weight is 333 g/mol. The number of carbonyl (C=O) groups excluding carboxylic acids is 2. The first-order valence-corrected chi connectivity index (χ1v) is 7.87. The number of benzene rings is 1. The summed E-state index contributed by atoms with van der Waals surface area (Å²) in [6, 6.07) is 5.29. The van der Waals surface area contributed by atoms with Gasteiger partial charge < -0.3 is 19.2 Å². The fourth-order valence-corrected chi connectivity index (χ4v) is 2.18. The lowest BCUT2D eigenvalue weighted by molar-refractivity contribution is -0.125. The fourth-order valence-electron chi connectivity index (χ4n) is 2.18. The van der Waals surface area contributed by atoms with Gasteiger partial charge in [-0.1, -0.05) is 13.8 Å². The van der Waals surface area contributed by atoms with E-state index in [9.17, 15) is 9.59 Å². The molecule has 1 aromatic carbocycles. The first-order chi connectivity index (χ1) is 11.3. The van der Waals surface area contributed by atoms with Gasteiger partial charge in [0, 0.05) is 17.0 Å². The number of hydrogen-bond donors (Lipinski definition) is 1. The van der Waals surface area contributed by atoms with Crippen LogP contribution in [0, 0.1) is 12.8 Å². The molecule has 6 heteroatoms. The summed E-state index contributed by atoms with van der Waals surface area (Å²) in [7, 11) is 1.57. The van der Waals surface area contributed by atoms with Crippen molar-refractivity contribution in [2.75, 3.05) is 13.7 Å². The van der Waals surface area contributed by atoms with Gasteiger partial charge in [0.15, 0.2) is 6.61 Å². The predicted molar refractivity (Wildman–Crippen MR) is 90.2 cm³/mol. The maximum absolute atomic E-state index is 12.2. The molecule has 0 fully saturated rings. The normalized spacial score (nSPS) is 12.2. The number of amides is 1. The molecule has 0 bridgehead atoms. The van der Waals surface area contributed by atoms with Crippen molar-refractivity contribution in [3.63, 3.8) is 0 Å². The minimum Gasteiger partial charge on any atom is -0.497 e. The lowest BCUT2D eigenvalue weighted by atomic mass is 10.1. The van der Waals surface area contributed by atoms with Crippen LogP contribution < -0.4 is 10.1 Å². The van der Waals surface area contributed by atoms with E-state index in [-0.39, 0.29) is 24.3 Å². The molecule has 0 aliphatic carbocycles. The van der Waals surface area contributed by atoms with Crippen LogP contribution in [-0.2, 0) is 9.53 Å². The minimum atomic E-state index is -0.657. The second kappa shape index (κ2) is 7.38. The van der Waals surface area contributed by atoms with Crippen LogP contribution in [0.2, 0.25) is 0 Å². The Morgan fingerprint density at radius 1 is 1.25 bits per heavy atom. The van der Waals surface area contributed by atoms with Crippen LogP contribution >= 0.6 is 0 Å². The zero-order chi connectivity index (χ0) is 17.9. The summed E-state index contributed by atoms with van der Waals surface area (Å²) < 4.78 is 15.8. The van der Waals surface area contributed by atoms with Gasteiger partial charge in [0.05, 0.1) is 7.11 Å². The van der Waals surface area contributed by atoms with Gasteiger partial charge in [0.25, 0.3) is 5.91 Å². The molecule has 1 unspecified atom stereocenters. The van der Waals surface area contributed by atoms with Crippen molar-refractivity contribution in [3.8, 4) is 5.75 Å². The van der Waals surface area contributed by atoms with Crippen molar-refractivity contribution < 1.29 is 23.5 Å². The third-order valence-electron chi connectivity index (χ3n) is 4.05. The van der Waals surface area contributed by atoms with Crippen molar-refractivity contribution in [3.05, 3.63) is 29.5 Å². The third-order valence-corrected chi connectivity index (χ3v) is 4.05. The van der Waals surface area contributed by atoms with Gasteiger partial charge in [-0.15, -0.1) is 0 Å². The Bertz CT molecular complexity index is 747. The standard InChI is InChI=1S/C18H23NO5/c1-10(2)12(4)19-16(20)9-23-18(21)17-11(3)14-8-13(22-5)6-7-15(14)24-17/h6-8,10,12H,9H2,1-5H3,(H,19,20). The number of hydrogen-bond acceptors (Lipinski definition) is 5. The second-order valence-electron chi connectivity index (χ2n) is 6.09. The summed E-state index contributed by atoms with van der Waals surface area (Å²) in [6.07, 6.45) is 0. The highest BCUT2D eigenvalue weighted by Gasteiger charge is 2.21. The number of furan rings is 1. The predicted octanol–water partition coefficient (Wildman–Crippen LogP) is 3.07. The van der Waals surface area contributed by atoms with Crippen molar-refractivity contribution in [2.45, 2.75) is 33.7 Å². The number of rotatable bonds is 6. The molecular formula is C18H23NO5. The first kappa shape index (κ1) is 17.8. The summed E-state index contributed by atoms with van der Waals surface area (Å²) in [5.74, 6) is 0.0866. The van der Waals surface area contributed by atoms with Crippen LogP contribution in [0.4, 0.5) is 0 Å². The number of nitrogens with one attached hydrogen (secondary N) is 1. The van der Waals surface area contributed by atoms with Crippen LogP contribution in [-0.4, -0.2) is 31.6 Å². The van der Waals surface area contributed by atoms with Gasteiger partial charge in [-0.3, -0.25) is 4.79 Å². The van der Waals surface area contributed by atoms with Crippen LogP contribution in [0.1, 0.15) is 36.9 Å². The lowest BCUT2D eigenvalue weighted by Crippen LogP contribution is -2.38. The van der Waals surface area contributed by atoms with Gasteiger partial charge in [-0.05, 0) is 38.0 Å². The van der Waals surface area contributed by atoms with Gasteiger partial charge in [-0.25, -0.2) is 4.79 Å². The summed E-state index contributed by atoms with van der Waals surface area (Å²) >= 11 is 0. The molecule has 6 nitrogen and oxygen atoms in total. The molecule has 1 atom stereocenters. The molecule has 1 heterocycles. The fraction of sp³-hybridized carbons (Fsp3) is 0.444. The summed E-state index contributed by atoms with van der Waals surface area (Å²) in [5, 5.41) is 3.56. The lowest BCUT2D eigenvalue weighted by Gasteiger charge is -2.17. The number of methoxy groups -OCH3 is 1. The molecule has 0 aliphatic rings. The Morgan fingerprint density at radius 2 is 1.96 bits per heavy atom. The highest BCUT2D eigenvalue weighted by atomic mass is 16.5. The molecule has 0 aliphatic heterocycles. The number of esters is 1. The average Bonchev–Trinajstić information content (AvgIpc) is 2.88. The zero-order valence-electron chi connectivity index (χ0n) is 14.6.